The van der Waals surface area contributed by atoms with E-state index in [1.165, 1.54) is 30.8 Å². The first-order valence-electron chi connectivity index (χ1n) is 22.5. The van der Waals surface area contributed by atoms with Crippen LogP contribution in [0.15, 0.2) is 164 Å². The lowest BCUT2D eigenvalue weighted by Gasteiger charge is -2.19. The molecule has 0 unspecified atom stereocenters. The SMILES string of the molecule is CCN(CC)CC.Cc1cc(C(=O)Cl)cc(C)c1C.Cc1ccc(O)cc1.Cc1ccc(OC(=O)c2cc(OCc3ccccc3)c(OCc3ccccc3)c(OCc3ccccc3)c2)cc1. The molecule has 8 nitrogen and oxygen atoms in total. The molecule has 9 heteroatoms. The highest BCUT2D eigenvalue weighted by atomic mass is 35.5. The maximum absolute atomic E-state index is 13.3. The second-order valence-corrected chi connectivity index (χ2v) is 16.1. The Labute approximate surface area is 402 Å². The largest absolute Gasteiger partial charge is 0.508 e. The van der Waals surface area contributed by atoms with E-state index in [1.54, 1.807) is 36.4 Å². The average molecular weight is 923 g/mol. The van der Waals surface area contributed by atoms with Crippen LogP contribution in [0.5, 0.6) is 28.7 Å². The van der Waals surface area contributed by atoms with Crippen molar-refractivity contribution in [1.29, 1.82) is 0 Å². The van der Waals surface area contributed by atoms with Crippen LogP contribution in [-0.4, -0.2) is 40.9 Å². The Morgan fingerprint density at radius 2 is 0.896 bits per heavy atom. The van der Waals surface area contributed by atoms with Crippen molar-refractivity contribution in [3.63, 3.8) is 0 Å². The summed E-state index contributed by atoms with van der Waals surface area (Å²) in [6, 6.07) is 50.8. The van der Waals surface area contributed by atoms with E-state index in [2.05, 4.69) is 25.7 Å². The smallest absolute Gasteiger partial charge is 0.343 e. The maximum Gasteiger partial charge on any atom is 0.343 e. The summed E-state index contributed by atoms with van der Waals surface area (Å²) < 4.78 is 24.5. The first-order valence-corrected chi connectivity index (χ1v) is 22.9. The van der Waals surface area contributed by atoms with E-state index >= 15 is 0 Å². The van der Waals surface area contributed by atoms with Crippen LogP contribution < -0.4 is 18.9 Å². The number of aromatic hydroxyl groups is 1. The highest BCUT2D eigenvalue weighted by molar-refractivity contribution is 6.67. The van der Waals surface area contributed by atoms with E-state index in [4.69, 9.17) is 35.7 Å². The summed E-state index contributed by atoms with van der Waals surface area (Å²) in [6.45, 7) is 21.0. The van der Waals surface area contributed by atoms with E-state index < -0.39 is 5.97 Å². The van der Waals surface area contributed by atoms with Crippen LogP contribution >= 0.6 is 11.6 Å². The Morgan fingerprint density at radius 3 is 1.25 bits per heavy atom. The van der Waals surface area contributed by atoms with Crippen molar-refractivity contribution in [3.05, 3.63) is 219 Å². The third-order valence-electron chi connectivity index (χ3n) is 10.7. The molecule has 0 aliphatic heterocycles. The number of phenols is 1. The summed E-state index contributed by atoms with van der Waals surface area (Å²) >= 11 is 5.36. The summed E-state index contributed by atoms with van der Waals surface area (Å²) in [6.07, 6.45) is 0. The van der Waals surface area contributed by atoms with Gasteiger partial charge in [0.2, 0.25) is 5.75 Å². The van der Waals surface area contributed by atoms with Crippen LogP contribution in [-0.2, 0) is 19.8 Å². The fourth-order valence-electron chi connectivity index (χ4n) is 6.39. The second kappa shape index (κ2) is 28.2. The van der Waals surface area contributed by atoms with Gasteiger partial charge in [0.25, 0.3) is 5.24 Å². The number of halogens is 1. The van der Waals surface area contributed by atoms with Gasteiger partial charge in [-0.05, 0) is 148 Å². The summed E-state index contributed by atoms with van der Waals surface area (Å²) in [7, 11) is 0. The molecule has 0 heterocycles. The summed E-state index contributed by atoms with van der Waals surface area (Å²) in [5.74, 6) is 1.46. The third-order valence-corrected chi connectivity index (χ3v) is 10.9. The number of rotatable bonds is 15. The van der Waals surface area contributed by atoms with Gasteiger partial charge < -0.3 is 29.0 Å². The summed E-state index contributed by atoms with van der Waals surface area (Å²) in [5.41, 5.74) is 9.52. The molecule has 0 saturated carbocycles. The van der Waals surface area contributed by atoms with Crippen molar-refractivity contribution in [1.82, 2.24) is 4.90 Å². The van der Waals surface area contributed by atoms with Gasteiger partial charge in [0.05, 0.1) is 5.56 Å². The van der Waals surface area contributed by atoms with Crippen LogP contribution in [0.3, 0.4) is 0 Å². The molecule has 350 valence electrons. The van der Waals surface area contributed by atoms with Gasteiger partial charge >= 0.3 is 5.97 Å². The quantitative estimate of drug-likeness (QED) is 0.0617. The Bertz CT molecular complexity index is 2430. The molecule has 1 N–H and O–H groups in total. The summed E-state index contributed by atoms with van der Waals surface area (Å²) in [5, 5.41) is 8.37. The number of ether oxygens (including phenoxy) is 4. The maximum atomic E-state index is 13.3. The number of benzene rings is 7. The molecule has 0 aromatic heterocycles. The number of carbonyl (C=O) groups excluding carboxylic acids is 2. The molecular weight excluding hydrogens is 858 g/mol. The number of hydrogen-bond donors (Lipinski definition) is 1. The predicted molar refractivity (Wildman–Crippen MR) is 272 cm³/mol. The minimum atomic E-state index is -0.521. The van der Waals surface area contributed by atoms with Gasteiger partial charge in [-0.2, -0.15) is 0 Å². The van der Waals surface area contributed by atoms with Gasteiger partial charge in [0, 0.05) is 5.56 Å². The fraction of sp³-hybridized carbons (Fsp3) is 0.241. The molecule has 0 atom stereocenters. The van der Waals surface area contributed by atoms with E-state index in [0.29, 0.717) is 46.5 Å². The highest BCUT2D eigenvalue weighted by Gasteiger charge is 2.21. The van der Waals surface area contributed by atoms with Crippen LogP contribution in [0.4, 0.5) is 0 Å². The number of nitrogens with zero attached hydrogens (tertiary/aromatic N) is 1. The zero-order valence-corrected chi connectivity index (χ0v) is 40.8. The molecule has 0 spiro atoms. The Balaban J connectivity index is 0.000000292. The van der Waals surface area contributed by atoms with E-state index in [0.717, 1.165) is 33.4 Å². The predicted octanol–water partition coefficient (Wildman–Crippen LogP) is 14.0. The lowest BCUT2D eigenvalue weighted by molar-refractivity contribution is 0.0733. The molecule has 7 rings (SSSR count). The van der Waals surface area contributed by atoms with Gasteiger partial charge in [-0.25, -0.2) is 4.79 Å². The van der Waals surface area contributed by atoms with Crippen molar-refractivity contribution in [2.75, 3.05) is 19.6 Å². The fourth-order valence-corrected chi connectivity index (χ4v) is 6.50. The van der Waals surface area contributed by atoms with Crippen molar-refractivity contribution in [3.8, 4) is 28.7 Å². The second-order valence-electron chi connectivity index (χ2n) is 15.8. The third kappa shape index (κ3) is 18.5. The molecule has 0 aliphatic rings. The molecule has 7 aromatic rings. The lowest BCUT2D eigenvalue weighted by atomic mass is 10.0. The molecule has 7 aromatic carbocycles. The zero-order valence-electron chi connectivity index (χ0n) is 40.1. The van der Waals surface area contributed by atoms with Crippen molar-refractivity contribution < 1.29 is 33.6 Å². The molecule has 0 amide bonds. The molecular formula is C58H64ClNO7. The monoisotopic (exact) mass is 921 g/mol. The minimum Gasteiger partial charge on any atom is -0.508 e. The normalized spacial score (nSPS) is 10.2. The van der Waals surface area contributed by atoms with Crippen LogP contribution in [0.2, 0.25) is 0 Å². The molecule has 0 aliphatic carbocycles. The van der Waals surface area contributed by atoms with Crippen LogP contribution in [0.25, 0.3) is 0 Å². The minimum absolute atomic E-state index is 0.289. The topological polar surface area (TPSA) is 94.5 Å². The number of carbonyl (C=O) groups is 2. The number of aryl methyl sites for hydroxylation is 4. The van der Waals surface area contributed by atoms with Crippen LogP contribution in [0.1, 0.15) is 86.0 Å². The van der Waals surface area contributed by atoms with Crippen molar-refractivity contribution in [2.45, 2.75) is 75.2 Å². The number of esters is 1. The molecule has 0 fully saturated rings. The van der Waals surface area contributed by atoms with E-state index in [-0.39, 0.29) is 18.5 Å². The highest BCUT2D eigenvalue weighted by Crippen LogP contribution is 2.41. The Morgan fingerprint density at radius 1 is 0.507 bits per heavy atom. The van der Waals surface area contributed by atoms with Gasteiger partial charge in [-0.3, -0.25) is 4.79 Å². The Hall–Kier alpha value is -6.87. The average Bonchev–Trinajstić information content (AvgIpc) is 3.35. The molecule has 67 heavy (non-hydrogen) atoms. The Kier molecular flexibility index (Phi) is 22.2. The van der Waals surface area contributed by atoms with Crippen molar-refractivity contribution >= 4 is 22.8 Å². The van der Waals surface area contributed by atoms with E-state index in [9.17, 15) is 9.59 Å². The first kappa shape index (κ1) is 52.8. The number of hydrogen-bond acceptors (Lipinski definition) is 8. The van der Waals surface area contributed by atoms with Crippen LogP contribution in [0, 0.1) is 34.6 Å². The molecule has 0 saturated heterocycles. The van der Waals surface area contributed by atoms with Gasteiger partial charge in [-0.1, -0.05) is 147 Å². The van der Waals surface area contributed by atoms with E-state index in [1.807, 2.05) is 162 Å². The first-order chi connectivity index (χ1) is 32.3. The zero-order chi connectivity index (χ0) is 48.6. The lowest BCUT2D eigenvalue weighted by Crippen LogP contribution is -2.21. The molecule has 0 radical (unpaired) electrons. The van der Waals surface area contributed by atoms with Gasteiger partial charge in [-0.15, -0.1) is 0 Å². The summed E-state index contributed by atoms with van der Waals surface area (Å²) in [4.78, 5) is 26.5. The van der Waals surface area contributed by atoms with Gasteiger partial charge in [0.15, 0.2) is 11.5 Å². The van der Waals surface area contributed by atoms with Gasteiger partial charge in [0.1, 0.15) is 31.3 Å². The standard InChI is InChI=1S/C35H30O5.C10H11ClO.C7H8O.C6H15N/c1-26-17-19-31(20-18-26)40-35(36)30-21-32(37-23-27-11-5-2-6-12-27)34(39-25-29-15-9-4-10-16-29)33(22-30)38-24-28-13-7-3-8-14-28;1-6-4-9(10(11)12)5-7(2)8(6)3;1-6-2-4-7(8)5-3-6;1-4-7(5-2)6-3/h2-22H,23-25H2,1H3;4-5H,1-3H3;2-5,8H,1H3;4-6H2,1-3H3. The molecule has 0 bridgehead atoms. The van der Waals surface area contributed by atoms with Crippen molar-refractivity contribution in [2.24, 2.45) is 0 Å². The number of phenolic OH excluding ortho intramolecular Hbond substituents is 1.